The van der Waals surface area contributed by atoms with Gasteiger partial charge in [-0.05, 0) is 30.2 Å². The minimum absolute atomic E-state index is 0.341. The van der Waals surface area contributed by atoms with E-state index >= 15 is 0 Å². The van der Waals surface area contributed by atoms with E-state index in [2.05, 4.69) is 5.32 Å². The van der Waals surface area contributed by atoms with Crippen molar-refractivity contribution < 1.29 is 19.4 Å². The van der Waals surface area contributed by atoms with Gasteiger partial charge in [-0.15, -0.1) is 0 Å². The van der Waals surface area contributed by atoms with Gasteiger partial charge in [-0.3, -0.25) is 4.79 Å². The van der Waals surface area contributed by atoms with Crippen molar-refractivity contribution in [3.8, 4) is 5.75 Å². The molecule has 1 atom stereocenters. The minimum Gasteiger partial charge on any atom is -0.497 e. The molecule has 5 heteroatoms. The molecule has 1 aromatic carbocycles. The molecule has 0 aliphatic heterocycles. The summed E-state index contributed by atoms with van der Waals surface area (Å²) < 4.78 is 5.06. The summed E-state index contributed by atoms with van der Waals surface area (Å²) in [6, 6.07) is 6.35. The zero-order valence-corrected chi connectivity index (χ0v) is 10.9. The third-order valence-corrected chi connectivity index (χ3v) is 2.54. The molecule has 0 saturated heterocycles. The van der Waals surface area contributed by atoms with Crippen LogP contribution in [0, 0.1) is 0 Å². The van der Waals surface area contributed by atoms with Crippen LogP contribution in [-0.2, 0) is 9.59 Å². The SMILES string of the molecule is CC[C@@H](NC(=O)C=Cc1cccc(OC)c1)C(=O)O. The number of carboxylic acid groups (broad SMARTS) is 1. The van der Waals surface area contributed by atoms with Crippen molar-refractivity contribution in [1.29, 1.82) is 0 Å². The Bertz CT molecular complexity index is 482. The molecule has 0 radical (unpaired) electrons. The number of ether oxygens (including phenoxy) is 1. The Balaban J connectivity index is 2.65. The fraction of sp³-hybridized carbons (Fsp3) is 0.286. The number of carbonyl (C=O) groups excluding carboxylic acids is 1. The number of hydrogen-bond acceptors (Lipinski definition) is 3. The van der Waals surface area contributed by atoms with E-state index in [0.29, 0.717) is 12.2 Å². The first-order chi connectivity index (χ1) is 9.06. The monoisotopic (exact) mass is 263 g/mol. The largest absolute Gasteiger partial charge is 0.497 e. The number of amides is 1. The van der Waals surface area contributed by atoms with Crippen LogP contribution in [0.3, 0.4) is 0 Å². The second kappa shape index (κ2) is 7.20. The van der Waals surface area contributed by atoms with Gasteiger partial charge in [0.15, 0.2) is 0 Å². The van der Waals surface area contributed by atoms with E-state index in [1.54, 1.807) is 32.2 Å². The number of rotatable bonds is 6. The highest BCUT2D eigenvalue weighted by Gasteiger charge is 2.15. The van der Waals surface area contributed by atoms with Crippen LogP contribution in [0.15, 0.2) is 30.3 Å². The summed E-state index contributed by atoms with van der Waals surface area (Å²) in [7, 11) is 1.56. The van der Waals surface area contributed by atoms with E-state index in [-0.39, 0.29) is 0 Å². The molecule has 0 spiro atoms. The fourth-order valence-corrected chi connectivity index (χ4v) is 1.48. The Labute approximate surface area is 111 Å². The lowest BCUT2D eigenvalue weighted by molar-refractivity contribution is -0.141. The quantitative estimate of drug-likeness (QED) is 0.766. The maximum Gasteiger partial charge on any atom is 0.326 e. The van der Waals surface area contributed by atoms with E-state index in [4.69, 9.17) is 9.84 Å². The predicted octanol–water partition coefficient (Wildman–Crippen LogP) is 1.69. The van der Waals surface area contributed by atoms with Gasteiger partial charge >= 0.3 is 5.97 Å². The van der Waals surface area contributed by atoms with Gasteiger partial charge in [-0.1, -0.05) is 19.1 Å². The summed E-state index contributed by atoms with van der Waals surface area (Å²) in [4.78, 5) is 22.3. The van der Waals surface area contributed by atoms with Gasteiger partial charge in [0.2, 0.25) is 5.91 Å². The van der Waals surface area contributed by atoms with Gasteiger partial charge in [0.05, 0.1) is 7.11 Å². The van der Waals surface area contributed by atoms with Crippen LogP contribution < -0.4 is 10.1 Å². The van der Waals surface area contributed by atoms with Crippen LogP contribution >= 0.6 is 0 Å². The summed E-state index contributed by atoms with van der Waals surface area (Å²) in [5, 5.41) is 11.2. The number of carboxylic acids is 1. The maximum absolute atomic E-state index is 11.6. The number of carbonyl (C=O) groups is 2. The number of hydrogen-bond donors (Lipinski definition) is 2. The minimum atomic E-state index is -1.04. The van der Waals surface area contributed by atoms with Gasteiger partial charge in [-0.25, -0.2) is 4.79 Å². The van der Waals surface area contributed by atoms with E-state index in [1.165, 1.54) is 6.08 Å². The van der Waals surface area contributed by atoms with E-state index in [1.807, 2.05) is 12.1 Å². The van der Waals surface area contributed by atoms with Crippen LogP contribution in [0.1, 0.15) is 18.9 Å². The molecule has 2 N–H and O–H groups in total. The number of aliphatic carboxylic acids is 1. The van der Waals surface area contributed by atoms with Gasteiger partial charge < -0.3 is 15.2 Å². The van der Waals surface area contributed by atoms with Crippen LogP contribution in [0.2, 0.25) is 0 Å². The third kappa shape index (κ3) is 4.83. The zero-order valence-electron chi connectivity index (χ0n) is 10.9. The maximum atomic E-state index is 11.6. The first kappa shape index (κ1) is 14.8. The van der Waals surface area contributed by atoms with Crippen LogP contribution in [0.4, 0.5) is 0 Å². The van der Waals surface area contributed by atoms with Crippen molar-refractivity contribution in [2.24, 2.45) is 0 Å². The normalized spacial score (nSPS) is 12.1. The molecule has 0 aliphatic carbocycles. The first-order valence-corrected chi connectivity index (χ1v) is 5.92. The lowest BCUT2D eigenvalue weighted by atomic mass is 10.2. The molecule has 0 fully saturated rings. The second-order valence-electron chi connectivity index (χ2n) is 3.92. The lowest BCUT2D eigenvalue weighted by Crippen LogP contribution is -2.39. The Kier molecular flexibility index (Phi) is 5.60. The summed E-state index contributed by atoms with van der Waals surface area (Å²) >= 11 is 0. The molecule has 0 saturated carbocycles. The van der Waals surface area contributed by atoms with Gasteiger partial charge in [-0.2, -0.15) is 0 Å². The van der Waals surface area contributed by atoms with Crippen molar-refractivity contribution in [2.75, 3.05) is 7.11 Å². The molecule has 0 heterocycles. The van der Waals surface area contributed by atoms with Crippen LogP contribution in [0.5, 0.6) is 5.75 Å². The summed E-state index contributed by atoms with van der Waals surface area (Å²) in [5.74, 6) is -0.776. The highest BCUT2D eigenvalue weighted by atomic mass is 16.5. The second-order valence-corrected chi connectivity index (χ2v) is 3.92. The highest BCUT2D eigenvalue weighted by molar-refractivity contribution is 5.94. The van der Waals surface area contributed by atoms with Gasteiger partial charge in [0.1, 0.15) is 11.8 Å². The Morgan fingerprint density at radius 2 is 2.21 bits per heavy atom. The smallest absolute Gasteiger partial charge is 0.326 e. The standard InChI is InChI=1S/C14H17NO4/c1-3-12(14(17)18)15-13(16)8-7-10-5-4-6-11(9-10)19-2/h4-9,12H,3H2,1-2H3,(H,15,16)(H,17,18)/t12-/m1/s1. The molecular formula is C14H17NO4. The summed E-state index contributed by atoms with van der Waals surface area (Å²) in [6.45, 7) is 1.70. The average Bonchev–Trinajstić information content (AvgIpc) is 2.42. The van der Waals surface area contributed by atoms with Crippen molar-refractivity contribution >= 4 is 18.0 Å². The van der Waals surface area contributed by atoms with Crippen molar-refractivity contribution in [3.63, 3.8) is 0 Å². The molecule has 19 heavy (non-hydrogen) atoms. The first-order valence-electron chi connectivity index (χ1n) is 5.92. The van der Waals surface area contributed by atoms with Crippen molar-refractivity contribution in [2.45, 2.75) is 19.4 Å². The number of methoxy groups -OCH3 is 1. The van der Waals surface area contributed by atoms with Crippen molar-refractivity contribution in [3.05, 3.63) is 35.9 Å². The molecular weight excluding hydrogens is 246 g/mol. The number of nitrogens with one attached hydrogen (secondary N) is 1. The Morgan fingerprint density at radius 1 is 1.47 bits per heavy atom. The summed E-state index contributed by atoms with van der Waals surface area (Å²) in [5.41, 5.74) is 0.804. The molecule has 102 valence electrons. The Hall–Kier alpha value is -2.30. The molecule has 0 aliphatic rings. The topological polar surface area (TPSA) is 75.6 Å². The van der Waals surface area contributed by atoms with E-state index in [0.717, 1.165) is 5.56 Å². The van der Waals surface area contributed by atoms with E-state index < -0.39 is 17.9 Å². The predicted molar refractivity (Wildman–Crippen MR) is 71.9 cm³/mol. The Morgan fingerprint density at radius 3 is 2.79 bits per heavy atom. The lowest BCUT2D eigenvalue weighted by Gasteiger charge is -2.09. The van der Waals surface area contributed by atoms with E-state index in [9.17, 15) is 9.59 Å². The molecule has 0 unspecified atom stereocenters. The molecule has 0 bridgehead atoms. The molecule has 5 nitrogen and oxygen atoms in total. The van der Waals surface area contributed by atoms with Crippen molar-refractivity contribution in [1.82, 2.24) is 5.32 Å². The van der Waals surface area contributed by atoms with Crippen LogP contribution in [-0.4, -0.2) is 30.1 Å². The average molecular weight is 263 g/mol. The van der Waals surface area contributed by atoms with Crippen LogP contribution in [0.25, 0.3) is 6.08 Å². The van der Waals surface area contributed by atoms with Gasteiger partial charge in [0, 0.05) is 6.08 Å². The number of benzene rings is 1. The third-order valence-electron chi connectivity index (χ3n) is 2.54. The molecule has 0 aromatic heterocycles. The molecule has 1 aromatic rings. The highest BCUT2D eigenvalue weighted by Crippen LogP contribution is 2.13. The molecule has 1 rings (SSSR count). The molecule has 1 amide bonds. The zero-order chi connectivity index (χ0) is 14.3. The summed E-state index contributed by atoms with van der Waals surface area (Å²) in [6.07, 6.45) is 3.25. The fourth-order valence-electron chi connectivity index (χ4n) is 1.48. The van der Waals surface area contributed by atoms with Gasteiger partial charge in [0.25, 0.3) is 0 Å².